The predicted molar refractivity (Wildman–Crippen MR) is 125 cm³/mol. The summed E-state index contributed by atoms with van der Waals surface area (Å²) in [6.45, 7) is 30.5. The van der Waals surface area contributed by atoms with Crippen molar-refractivity contribution in [1.29, 1.82) is 0 Å². The number of rotatable bonds is 4. The second kappa shape index (κ2) is 16.4. The van der Waals surface area contributed by atoms with Gasteiger partial charge in [0.1, 0.15) is 0 Å². The summed E-state index contributed by atoms with van der Waals surface area (Å²) in [7, 11) is 0. The third-order valence-corrected chi connectivity index (χ3v) is 5.65. The van der Waals surface area contributed by atoms with Crippen LogP contribution in [0.2, 0.25) is 0 Å². The van der Waals surface area contributed by atoms with Crippen molar-refractivity contribution >= 4 is 0 Å². The Balaban J connectivity index is -0.0000000873. The molecule has 0 rings (SSSR count). The normalized spacial score (nSPS) is 12.4. The van der Waals surface area contributed by atoms with E-state index >= 15 is 0 Å². The Morgan fingerprint density at radius 3 is 0.379 bits per heavy atom. The van der Waals surface area contributed by atoms with E-state index in [1.54, 1.807) is 0 Å². The van der Waals surface area contributed by atoms with Crippen LogP contribution in [0.5, 0.6) is 0 Å². The number of hydrogen-bond acceptors (Lipinski definition) is 4. The molecule has 0 aromatic rings. The summed E-state index contributed by atoms with van der Waals surface area (Å²) in [4.78, 5) is 0. The first kappa shape index (κ1) is 40.1. The van der Waals surface area contributed by atoms with Gasteiger partial charge in [0.15, 0.2) is 0 Å². The van der Waals surface area contributed by atoms with E-state index in [-0.39, 0.29) is 25.8 Å². The van der Waals surface area contributed by atoms with Crippen LogP contribution in [0.25, 0.3) is 0 Å². The fraction of sp³-hybridized carbons (Fsp3) is 1.00. The molecule has 0 bridgehead atoms. The molecule has 0 fully saturated rings. The zero-order chi connectivity index (χ0) is 24.3. The standard InChI is InChI=1S/4C6H14O.Hf/c4*1-5(2)6(3,4)7;/h4*5,7H,1-4H3;. The van der Waals surface area contributed by atoms with Crippen LogP contribution >= 0.6 is 0 Å². The Labute approximate surface area is 202 Å². The number of hydrogen-bond donors (Lipinski definition) is 4. The van der Waals surface area contributed by atoms with E-state index in [2.05, 4.69) is 0 Å². The van der Waals surface area contributed by atoms with Gasteiger partial charge in [-0.05, 0) is 79.1 Å². The van der Waals surface area contributed by atoms with Crippen molar-refractivity contribution in [2.24, 2.45) is 23.7 Å². The largest absolute Gasteiger partial charge is 0.390 e. The second-order valence-corrected chi connectivity index (χ2v) is 11.2. The molecule has 0 atom stereocenters. The second-order valence-electron chi connectivity index (χ2n) is 11.2. The molecule has 5 heteroatoms. The molecule has 0 aliphatic carbocycles. The van der Waals surface area contributed by atoms with Gasteiger partial charge in [0.2, 0.25) is 0 Å². The molecule has 0 aromatic carbocycles. The van der Waals surface area contributed by atoms with Crippen molar-refractivity contribution in [3.63, 3.8) is 0 Å². The van der Waals surface area contributed by atoms with E-state index in [9.17, 15) is 0 Å². The van der Waals surface area contributed by atoms with E-state index in [1.807, 2.05) is 111 Å². The molecule has 0 spiro atoms. The van der Waals surface area contributed by atoms with Crippen LogP contribution in [0.15, 0.2) is 0 Å². The average molecular weight is 587 g/mol. The smallest absolute Gasteiger partial charge is 0.0614 e. The fourth-order valence-electron chi connectivity index (χ4n) is 0. The quantitative estimate of drug-likeness (QED) is 0.321. The van der Waals surface area contributed by atoms with Crippen LogP contribution in [0.4, 0.5) is 0 Å². The summed E-state index contributed by atoms with van der Waals surface area (Å²) in [5.74, 6) is 1.42. The Morgan fingerprint density at radius 2 is 0.379 bits per heavy atom. The van der Waals surface area contributed by atoms with Gasteiger partial charge in [0, 0.05) is 25.8 Å². The van der Waals surface area contributed by atoms with Gasteiger partial charge in [0.05, 0.1) is 22.4 Å². The third kappa shape index (κ3) is 33.5. The van der Waals surface area contributed by atoms with E-state index in [0.29, 0.717) is 23.7 Å². The maximum Gasteiger partial charge on any atom is 0.0614 e. The maximum atomic E-state index is 9.09. The van der Waals surface area contributed by atoms with E-state index < -0.39 is 22.4 Å². The summed E-state index contributed by atoms with van der Waals surface area (Å²) in [6, 6.07) is 0. The molecular weight excluding hydrogens is 531 g/mol. The minimum absolute atomic E-state index is 0. The number of aliphatic hydroxyl groups is 4. The van der Waals surface area contributed by atoms with Crippen molar-refractivity contribution in [2.45, 2.75) is 133 Å². The molecule has 0 aromatic heterocycles. The van der Waals surface area contributed by atoms with Gasteiger partial charge >= 0.3 is 0 Å². The summed E-state index contributed by atoms with van der Waals surface area (Å²) < 4.78 is 0. The zero-order valence-corrected chi connectivity index (χ0v) is 26.2. The van der Waals surface area contributed by atoms with Gasteiger partial charge in [-0.2, -0.15) is 0 Å². The molecule has 4 nitrogen and oxygen atoms in total. The molecule has 0 heterocycles. The van der Waals surface area contributed by atoms with E-state index in [4.69, 9.17) is 20.4 Å². The third-order valence-electron chi connectivity index (χ3n) is 5.65. The van der Waals surface area contributed by atoms with Crippen LogP contribution in [0.3, 0.4) is 0 Å². The van der Waals surface area contributed by atoms with Crippen LogP contribution in [-0.2, 0) is 25.8 Å². The molecule has 29 heavy (non-hydrogen) atoms. The van der Waals surface area contributed by atoms with Crippen molar-refractivity contribution in [3.8, 4) is 0 Å². The summed E-state index contributed by atoms with van der Waals surface area (Å²) in [5.41, 5.74) is -2.00. The van der Waals surface area contributed by atoms with E-state index in [1.165, 1.54) is 0 Å². The van der Waals surface area contributed by atoms with Gasteiger partial charge in [-0.25, -0.2) is 0 Å². The first-order valence-electron chi connectivity index (χ1n) is 10.7. The monoisotopic (exact) mass is 588 g/mol. The molecule has 180 valence electrons. The van der Waals surface area contributed by atoms with Crippen LogP contribution in [0.1, 0.15) is 111 Å². The van der Waals surface area contributed by atoms with Gasteiger partial charge in [0.25, 0.3) is 0 Å². The Hall–Kier alpha value is 0.710. The van der Waals surface area contributed by atoms with Crippen molar-refractivity contribution < 1.29 is 46.3 Å². The van der Waals surface area contributed by atoms with Crippen molar-refractivity contribution in [2.75, 3.05) is 0 Å². The minimum Gasteiger partial charge on any atom is -0.390 e. The summed E-state index contributed by atoms with van der Waals surface area (Å²) in [6.07, 6.45) is 0. The maximum absolute atomic E-state index is 9.09. The molecule has 0 aliphatic heterocycles. The Bertz CT molecular complexity index is 277. The Morgan fingerprint density at radius 1 is 0.345 bits per heavy atom. The summed E-state index contributed by atoms with van der Waals surface area (Å²) in [5, 5.41) is 36.4. The minimum atomic E-state index is -0.500. The van der Waals surface area contributed by atoms with Gasteiger partial charge < -0.3 is 20.4 Å². The van der Waals surface area contributed by atoms with E-state index in [0.717, 1.165) is 0 Å². The van der Waals surface area contributed by atoms with Gasteiger partial charge in [-0.15, -0.1) is 0 Å². The SMILES string of the molecule is CC(C)C(C)(C)O.CC(C)C(C)(C)O.CC(C)C(C)(C)O.CC(C)C(C)(C)O.[Hf]. The fourth-order valence-corrected chi connectivity index (χ4v) is 0. The van der Waals surface area contributed by atoms with Crippen LogP contribution in [0, 0.1) is 23.7 Å². The van der Waals surface area contributed by atoms with Crippen LogP contribution < -0.4 is 0 Å². The van der Waals surface area contributed by atoms with Crippen molar-refractivity contribution in [3.05, 3.63) is 0 Å². The predicted octanol–water partition coefficient (Wildman–Crippen LogP) is 5.65. The molecule has 0 unspecified atom stereocenters. The molecule has 0 amide bonds. The van der Waals surface area contributed by atoms with Crippen LogP contribution in [-0.4, -0.2) is 42.8 Å². The molecular formula is C24H56HfO4. The molecule has 0 aliphatic rings. The Kier molecular flexibility index (Phi) is 22.6. The first-order valence-corrected chi connectivity index (χ1v) is 10.7. The summed E-state index contributed by atoms with van der Waals surface area (Å²) >= 11 is 0. The molecule has 4 N–H and O–H groups in total. The first-order chi connectivity index (χ1) is 11.8. The molecule has 0 saturated heterocycles. The average Bonchev–Trinajstić information content (AvgIpc) is 2.35. The molecule has 0 saturated carbocycles. The van der Waals surface area contributed by atoms with Gasteiger partial charge in [-0.3, -0.25) is 0 Å². The topological polar surface area (TPSA) is 80.9 Å². The van der Waals surface area contributed by atoms with Crippen molar-refractivity contribution in [1.82, 2.24) is 0 Å². The zero-order valence-electron chi connectivity index (χ0n) is 22.6. The molecule has 0 radical (unpaired) electrons. The van der Waals surface area contributed by atoms with Gasteiger partial charge in [-0.1, -0.05) is 55.4 Å².